The van der Waals surface area contributed by atoms with Gasteiger partial charge in [-0.05, 0) is 62.3 Å². The van der Waals surface area contributed by atoms with Gasteiger partial charge in [0.25, 0.3) is 5.91 Å². The summed E-state index contributed by atoms with van der Waals surface area (Å²) in [6.07, 6.45) is 0.297. The number of nitrogens with zero attached hydrogens (tertiary/aromatic N) is 1. The number of nitrogens with one attached hydrogen (secondary N) is 2. The van der Waals surface area contributed by atoms with Gasteiger partial charge in [0.1, 0.15) is 6.04 Å². The van der Waals surface area contributed by atoms with Crippen LogP contribution in [0.25, 0.3) is 0 Å². The number of aryl methyl sites for hydroxylation is 1. The summed E-state index contributed by atoms with van der Waals surface area (Å²) >= 11 is 6.90. The van der Waals surface area contributed by atoms with Crippen LogP contribution in [0.15, 0.2) is 30.3 Å². The second kappa shape index (κ2) is 11.1. The summed E-state index contributed by atoms with van der Waals surface area (Å²) in [6.45, 7) is 5.92. The summed E-state index contributed by atoms with van der Waals surface area (Å²) in [4.78, 5) is 38.8. The van der Waals surface area contributed by atoms with E-state index in [1.807, 2.05) is 26.1 Å². The lowest BCUT2D eigenvalue weighted by atomic mass is 10.0. The smallest absolute Gasteiger partial charge is 0.305 e. The average Bonchev–Trinajstić information content (AvgIpc) is 3.13. The number of carboxylic acid groups (broad SMARTS) is 1. The maximum absolute atomic E-state index is 12.7. The van der Waals surface area contributed by atoms with E-state index in [4.69, 9.17) is 16.7 Å². The number of carbonyl (C=O) groups excluding carboxylic acids is 2. The minimum absolute atomic E-state index is 0.306. The molecule has 0 aliphatic rings. The molecule has 1 unspecified atom stereocenters. The van der Waals surface area contributed by atoms with Crippen molar-refractivity contribution in [2.24, 2.45) is 0 Å². The van der Waals surface area contributed by atoms with Gasteiger partial charge in [0, 0.05) is 12.2 Å². The highest BCUT2D eigenvalue weighted by Crippen LogP contribution is 2.21. The Morgan fingerprint density at radius 1 is 1.23 bits per heavy atom. The van der Waals surface area contributed by atoms with Crippen LogP contribution in [0, 0.1) is 6.92 Å². The van der Waals surface area contributed by atoms with E-state index in [0.717, 1.165) is 42.0 Å². The molecule has 0 bridgehead atoms. The molecule has 0 aliphatic heterocycles. The molecule has 0 radical (unpaired) electrons. The van der Waals surface area contributed by atoms with Gasteiger partial charge >= 0.3 is 5.97 Å². The number of halogens is 1. The van der Waals surface area contributed by atoms with Crippen LogP contribution in [0.4, 0.5) is 5.69 Å². The number of likely N-dealkylation sites (N-methyl/N-ethyl adjacent to an activating group) is 1. The summed E-state index contributed by atoms with van der Waals surface area (Å²) in [5.74, 6) is -2.32. The van der Waals surface area contributed by atoms with E-state index in [1.165, 1.54) is 6.07 Å². The van der Waals surface area contributed by atoms with Gasteiger partial charge in [-0.2, -0.15) is 0 Å². The Kier molecular flexibility index (Phi) is 8.83. The first-order valence-electron chi connectivity index (χ1n) is 9.56. The first kappa shape index (κ1) is 23.9. The van der Waals surface area contributed by atoms with Crippen molar-refractivity contribution in [2.75, 3.05) is 25.5 Å². The third kappa shape index (κ3) is 7.12. The maximum Gasteiger partial charge on any atom is 0.305 e. The van der Waals surface area contributed by atoms with Crippen molar-refractivity contribution in [1.29, 1.82) is 0 Å². The van der Waals surface area contributed by atoms with Crippen LogP contribution in [-0.4, -0.2) is 54.0 Å². The molecule has 0 spiro atoms. The molecule has 3 N–H and O–H groups in total. The van der Waals surface area contributed by atoms with Gasteiger partial charge in [-0.3, -0.25) is 14.4 Å². The van der Waals surface area contributed by atoms with E-state index in [0.29, 0.717) is 14.9 Å². The second-order valence-corrected chi connectivity index (χ2v) is 8.72. The summed E-state index contributed by atoms with van der Waals surface area (Å²) in [6, 6.07) is 7.44. The minimum Gasteiger partial charge on any atom is -0.481 e. The summed E-state index contributed by atoms with van der Waals surface area (Å²) in [7, 11) is 2.04. The van der Waals surface area contributed by atoms with Crippen LogP contribution >= 0.6 is 22.9 Å². The van der Waals surface area contributed by atoms with Crippen molar-refractivity contribution < 1.29 is 19.5 Å². The molecule has 2 amide bonds. The number of thiophene rings is 1. The molecule has 1 heterocycles. The van der Waals surface area contributed by atoms with Crippen molar-refractivity contribution in [2.45, 2.75) is 32.7 Å². The highest BCUT2D eigenvalue weighted by atomic mass is 35.5. The molecule has 30 heavy (non-hydrogen) atoms. The number of carboxylic acids is 1. The van der Waals surface area contributed by atoms with Crippen LogP contribution < -0.4 is 10.6 Å². The van der Waals surface area contributed by atoms with Crippen molar-refractivity contribution in [1.82, 2.24) is 10.2 Å². The Morgan fingerprint density at radius 2 is 1.97 bits per heavy atom. The standard InChI is InChI=1S/C21H26ClN3O4S/c1-4-25(3)10-9-14-11-15(6-5-13(14)2)23-20(28)16(12-19(26)27)24-21(29)17-7-8-18(22)30-17/h5-8,11,16H,4,9-10,12H2,1-3H3,(H,23,28)(H,24,29)(H,26,27). The zero-order valence-corrected chi connectivity index (χ0v) is 18.8. The number of aliphatic carboxylic acids is 1. The maximum atomic E-state index is 12.7. The van der Waals surface area contributed by atoms with Gasteiger partial charge in [0.2, 0.25) is 5.91 Å². The van der Waals surface area contributed by atoms with E-state index < -0.39 is 30.2 Å². The molecule has 9 heteroatoms. The lowest BCUT2D eigenvalue weighted by Gasteiger charge is -2.18. The van der Waals surface area contributed by atoms with Gasteiger partial charge in [0.15, 0.2) is 0 Å². The van der Waals surface area contributed by atoms with Gasteiger partial charge in [0.05, 0.1) is 15.6 Å². The van der Waals surface area contributed by atoms with Gasteiger partial charge in [-0.25, -0.2) is 0 Å². The predicted octanol–water partition coefficient (Wildman–Crippen LogP) is 3.42. The largest absolute Gasteiger partial charge is 0.481 e. The highest BCUT2D eigenvalue weighted by molar-refractivity contribution is 7.18. The normalized spacial score (nSPS) is 11.9. The Morgan fingerprint density at radius 3 is 2.57 bits per heavy atom. The van der Waals surface area contributed by atoms with Crippen LogP contribution in [-0.2, 0) is 16.0 Å². The quantitative estimate of drug-likeness (QED) is 0.514. The number of anilines is 1. The topological polar surface area (TPSA) is 98.7 Å². The SMILES string of the molecule is CCN(C)CCc1cc(NC(=O)C(CC(=O)O)NC(=O)c2ccc(Cl)s2)ccc1C. The van der Waals surface area contributed by atoms with E-state index in [-0.39, 0.29) is 0 Å². The molecule has 2 rings (SSSR count). The first-order valence-corrected chi connectivity index (χ1v) is 10.8. The minimum atomic E-state index is -1.22. The van der Waals surface area contributed by atoms with Crippen molar-refractivity contribution >= 4 is 46.4 Å². The molecule has 7 nitrogen and oxygen atoms in total. The lowest BCUT2D eigenvalue weighted by Crippen LogP contribution is -2.45. The molecule has 0 saturated heterocycles. The van der Waals surface area contributed by atoms with E-state index in [1.54, 1.807) is 12.1 Å². The van der Waals surface area contributed by atoms with Crippen LogP contribution in [0.1, 0.15) is 34.1 Å². The Labute approximate surface area is 185 Å². The van der Waals surface area contributed by atoms with Crippen LogP contribution in [0.2, 0.25) is 4.34 Å². The number of rotatable bonds is 10. The first-order chi connectivity index (χ1) is 14.2. The molecule has 162 valence electrons. The monoisotopic (exact) mass is 451 g/mol. The van der Waals surface area contributed by atoms with Crippen molar-refractivity contribution in [3.8, 4) is 0 Å². The zero-order chi connectivity index (χ0) is 22.3. The Balaban J connectivity index is 2.10. The Bertz CT molecular complexity index is 915. The van der Waals surface area contributed by atoms with E-state index in [9.17, 15) is 14.4 Å². The second-order valence-electron chi connectivity index (χ2n) is 7.00. The van der Waals surface area contributed by atoms with Gasteiger partial charge < -0.3 is 20.6 Å². The number of carbonyl (C=O) groups is 3. The lowest BCUT2D eigenvalue weighted by molar-refractivity contribution is -0.139. The third-order valence-electron chi connectivity index (χ3n) is 4.72. The van der Waals surface area contributed by atoms with Crippen molar-refractivity contribution in [3.63, 3.8) is 0 Å². The molecule has 1 aromatic carbocycles. The highest BCUT2D eigenvalue weighted by Gasteiger charge is 2.25. The average molecular weight is 452 g/mol. The van der Waals surface area contributed by atoms with Crippen molar-refractivity contribution in [3.05, 3.63) is 50.7 Å². The van der Waals surface area contributed by atoms with E-state index in [2.05, 4.69) is 22.5 Å². The molecule has 0 fully saturated rings. The number of hydrogen-bond donors (Lipinski definition) is 3. The van der Waals surface area contributed by atoms with Gasteiger partial charge in [-0.15, -0.1) is 11.3 Å². The predicted molar refractivity (Wildman–Crippen MR) is 120 cm³/mol. The molecular formula is C21H26ClN3O4S. The fraction of sp³-hybridized carbons (Fsp3) is 0.381. The van der Waals surface area contributed by atoms with Gasteiger partial charge in [-0.1, -0.05) is 24.6 Å². The fourth-order valence-electron chi connectivity index (χ4n) is 2.77. The fourth-order valence-corrected chi connectivity index (χ4v) is 3.71. The van der Waals surface area contributed by atoms with E-state index >= 15 is 0 Å². The summed E-state index contributed by atoms with van der Waals surface area (Å²) in [5.41, 5.74) is 2.77. The summed E-state index contributed by atoms with van der Waals surface area (Å²) in [5, 5.41) is 14.4. The summed E-state index contributed by atoms with van der Waals surface area (Å²) < 4.78 is 0.431. The zero-order valence-electron chi connectivity index (χ0n) is 17.2. The third-order valence-corrected chi connectivity index (χ3v) is 5.95. The number of hydrogen-bond acceptors (Lipinski definition) is 5. The molecule has 0 saturated carbocycles. The Hall–Kier alpha value is -2.42. The van der Waals surface area contributed by atoms with Crippen LogP contribution in [0.5, 0.6) is 0 Å². The molecule has 2 aromatic rings. The number of amides is 2. The number of benzene rings is 1. The van der Waals surface area contributed by atoms with Crippen LogP contribution in [0.3, 0.4) is 0 Å². The molecular weight excluding hydrogens is 426 g/mol. The molecule has 0 aliphatic carbocycles. The molecule has 1 aromatic heterocycles. The molecule has 1 atom stereocenters.